The van der Waals surface area contributed by atoms with Crippen LogP contribution in [-0.2, 0) is 6.42 Å². The van der Waals surface area contributed by atoms with E-state index in [1.807, 2.05) is 30.3 Å². The number of amides is 1. The highest BCUT2D eigenvalue weighted by Crippen LogP contribution is 2.19. The number of para-hydroxylation sites is 1. The normalized spacial score (nSPS) is 10.4. The van der Waals surface area contributed by atoms with Crippen molar-refractivity contribution >= 4 is 34.1 Å². The second-order valence-corrected chi connectivity index (χ2v) is 8.69. The zero-order valence-corrected chi connectivity index (χ0v) is 21.7. The monoisotopic (exact) mass is 573 g/mol. The lowest BCUT2D eigenvalue weighted by molar-refractivity contribution is 0.0942. The maximum atomic E-state index is 13.1. The van der Waals surface area contributed by atoms with E-state index >= 15 is 0 Å². The van der Waals surface area contributed by atoms with Gasteiger partial charge >= 0.3 is 0 Å². The van der Waals surface area contributed by atoms with Crippen LogP contribution in [0.5, 0.6) is 0 Å². The zero-order valence-electron chi connectivity index (χ0n) is 21.0. The second kappa shape index (κ2) is 14.1. The molecule has 0 aliphatic heterocycles. The van der Waals surface area contributed by atoms with Crippen LogP contribution in [-0.4, -0.2) is 28.7 Å². The summed E-state index contributed by atoms with van der Waals surface area (Å²) in [5.41, 5.74) is 8.16. The molecule has 1 amide bonds. The number of anilines is 1. The summed E-state index contributed by atoms with van der Waals surface area (Å²) in [5, 5.41) is 3.15. The molecule has 0 unspecified atom stereocenters. The summed E-state index contributed by atoms with van der Waals surface area (Å²) < 4.78 is 53.3. The Bertz CT molecular complexity index is 1580. The van der Waals surface area contributed by atoms with Gasteiger partial charge in [0.2, 0.25) is 0 Å². The minimum absolute atomic E-state index is 0.0430. The van der Waals surface area contributed by atoms with E-state index in [0.717, 1.165) is 5.69 Å². The molecule has 12 heteroatoms. The molecule has 0 saturated heterocycles. The number of nitrogens with two attached hydrogens (primary N) is 1. The number of nitrogens with one attached hydrogen (secondary N) is 2. The molecule has 208 valence electrons. The fourth-order valence-electron chi connectivity index (χ4n) is 3.48. The van der Waals surface area contributed by atoms with E-state index in [9.17, 15) is 27.2 Å². The number of nitrogens with zero attached hydrogens (tertiary/aromatic N) is 2. The number of carbonyl (C=O) groups excluding carboxylic acids is 1. The third-order valence-corrected chi connectivity index (χ3v) is 5.65. The summed E-state index contributed by atoms with van der Waals surface area (Å²) in [6.45, 7) is 0.328. The van der Waals surface area contributed by atoms with E-state index in [4.69, 9.17) is 23.8 Å². The predicted molar refractivity (Wildman–Crippen MR) is 146 cm³/mol. The number of halogens is 5. The average Bonchev–Trinajstić information content (AvgIpc) is 2.93. The minimum Gasteiger partial charge on any atom is -0.352 e. The van der Waals surface area contributed by atoms with Crippen molar-refractivity contribution in [1.82, 2.24) is 15.0 Å². The minimum atomic E-state index is -1.71. The lowest BCUT2D eigenvalue weighted by atomic mass is 10.1. The first-order chi connectivity index (χ1) is 19.2. The number of hydrogen-bond acceptors (Lipinski definition) is 5. The molecule has 0 aliphatic carbocycles. The van der Waals surface area contributed by atoms with E-state index in [1.54, 1.807) is 18.2 Å². The predicted octanol–water partition coefficient (Wildman–Crippen LogP) is 4.81. The molecule has 0 bridgehead atoms. The van der Waals surface area contributed by atoms with Gasteiger partial charge in [-0.3, -0.25) is 15.0 Å². The largest absolute Gasteiger partial charge is 0.352 e. The number of aromatic nitrogens is 2. The van der Waals surface area contributed by atoms with Crippen molar-refractivity contribution in [2.75, 3.05) is 18.5 Å². The lowest BCUT2D eigenvalue weighted by Gasteiger charge is -2.15. The molecule has 3 aromatic carbocycles. The van der Waals surface area contributed by atoms with Crippen molar-refractivity contribution < 1.29 is 22.4 Å². The Labute approximate surface area is 231 Å². The van der Waals surface area contributed by atoms with Gasteiger partial charge in [0.25, 0.3) is 11.5 Å². The molecule has 1 heterocycles. The van der Waals surface area contributed by atoms with Gasteiger partial charge in [-0.05, 0) is 43.3 Å². The molecule has 40 heavy (non-hydrogen) atoms. The number of fused-ring (bicyclic) bond motifs is 1. The molecule has 4 N–H and O–H groups in total. The first kappa shape index (κ1) is 30.1. The Kier molecular flexibility index (Phi) is 10.6. The summed E-state index contributed by atoms with van der Waals surface area (Å²) >= 11 is 6.00. The van der Waals surface area contributed by atoms with Gasteiger partial charge in [0.1, 0.15) is 11.4 Å². The van der Waals surface area contributed by atoms with Crippen LogP contribution in [0.25, 0.3) is 10.9 Å². The molecule has 4 aromatic rings. The summed E-state index contributed by atoms with van der Waals surface area (Å²) in [4.78, 5) is 28.6. The number of rotatable bonds is 8. The molecular formula is C28H24ClF4N5O2. The van der Waals surface area contributed by atoms with Gasteiger partial charge < -0.3 is 11.1 Å². The first-order valence-electron chi connectivity index (χ1n) is 12.0. The fraction of sp³-hybridized carbons (Fsp3) is 0.179. The van der Waals surface area contributed by atoms with E-state index in [2.05, 4.69) is 21.6 Å². The smallest absolute Gasteiger partial charge is 0.280 e. The molecule has 0 radical (unpaired) electrons. The van der Waals surface area contributed by atoms with Gasteiger partial charge in [-0.25, -0.2) is 27.2 Å². The summed E-state index contributed by atoms with van der Waals surface area (Å²) in [5.74, 6) is -4.73. The quantitative estimate of drug-likeness (QED) is 0.121. The Hall–Kier alpha value is -4.40. The Morgan fingerprint density at radius 1 is 1.05 bits per heavy atom. The van der Waals surface area contributed by atoms with Crippen molar-refractivity contribution in [1.29, 1.82) is 0 Å². The molecule has 4 rings (SSSR count). The maximum absolute atomic E-state index is 13.1. The summed E-state index contributed by atoms with van der Waals surface area (Å²) in [7, 11) is 0. The molecule has 0 atom stereocenters. The molecule has 0 fully saturated rings. The molecule has 0 saturated carbocycles. The standard InChI is InChI=1S/C18H14ClN3O.C10H10F4N2O/c1-2-3-9-17-20-16-12-13(19)10-11-15(16)18(23)22(17)21-14-7-5-4-6-8-14;11-5-4-6(12)9(14)7(8(5)13)10(17)16-3-1-2-15/h1,4-8,10-12,21H,3,9H2;4H,1-3,15H2,(H,16,17). The van der Waals surface area contributed by atoms with Crippen LogP contribution in [0, 0.1) is 35.6 Å². The van der Waals surface area contributed by atoms with Crippen LogP contribution in [0.15, 0.2) is 59.4 Å². The number of hydrogen-bond donors (Lipinski definition) is 3. The van der Waals surface area contributed by atoms with E-state index in [0.29, 0.717) is 41.0 Å². The van der Waals surface area contributed by atoms with Gasteiger partial charge in [0.05, 0.1) is 16.6 Å². The second-order valence-electron chi connectivity index (χ2n) is 8.25. The van der Waals surface area contributed by atoms with Crippen molar-refractivity contribution in [2.45, 2.75) is 19.3 Å². The first-order valence-corrected chi connectivity index (χ1v) is 12.3. The van der Waals surface area contributed by atoms with Crippen LogP contribution in [0.1, 0.15) is 29.0 Å². The number of terminal acetylenes is 1. The maximum Gasteiger partial charge on any atom is 0.280 e. The van der Waals surface area contributed by atoms with Gasteiger partial charge in [0.15, 0.2) is 23.3 Å². The van der Waals surface area contributed by atoms with Crippen LogP contribution >= 0.6 is 11.6 Å². The van der Waals surface area contributed by atoms with Crippen LogP contribution in [0.4, 0.5) is 23.2 Å². The van der Waals surface area contributed by atoms with E-state index in [-0.39, 0.29) is 24.7 Å². The van der Waals surface area contributed by atoms with Crippen LogP contribution in [0.2, 0.25) is 5.02 Å². The van der Waals surface area contributed by atoms with E-state index in [1.165, 1.54) is 4.68 Å². The van der Waals surface area contributed by atoms with E-state index < -0.39 is 34.7 Å². The molecule has 0 spiro atoms. The van der Waals surface area contributed by atoms with Crippen LogP contribution in [0.3, 0.4) is 0 Å². The highest BCUT2D eigenvalue weighted by atomic mass is 35.5. The third-order valence-electron chi connectivity index (χ3n) is 5.41. The summed E-state index contributed by atoms with van der Waals surface area (Å²) in [6, 6.07) is 14.5. The molecule has 1 aromatic heterocycles. The molecule has 7 nitrogen and oxygen atoms in total. The average molecular weight is 574 g/mol. The third kappa shape index (κ3) is 7.37. The zero-order chi connectivity index (χ0) is 29.2. The Morgan fingerprint density at radius 2 is 1.73 bits per heavy atom. The SMILES string of the molecule is C#CCCc1nc2cc(Cl)ccc2c(=O)n1Nc1ccccc1.NCCCNC(=O)c1c(F)c(F)cc(F)c1F. The number of carbonyl (C=O) groups is 1. The lowest BCUT2D eigenvalue weighted by Crippen LogP contribution is -2.30. The van der Waals surface area contributed by atoms with Gasteiger partial charge in [-0.15, -0.1) is 12.3 Å². The van der Waals surface area contributed by atoms with Gasteiger partial charge in [-0.2, -0.15) is 0 Å². The van der Waals surface area contributed by atoms with Crippen molar-refractivity contribution in [2.24, 2.45) is 5.73 Å². The van der Waals surface area contributed by atoms with Crippen molar-refractivity contribution in [3.8, 4) is 12.3 Å². The van der Waals surface area contributed by atoms with Crippen molar-refractivity contribution in [3.63, 3.8) is 0 Å². The topological polar surface area (TPSA) is 102 Å². The highest BCUT2D eigenvalue weighted by Gasteiger charge is 2.24. The Balaban J connectivity index is 0.000000232. The Morgan fingerprint density at radius 3 is 2.35 bits per heavy atom. The molecular weight excluding hydrogens is 550 g/mol. The number of benzene rings is 3. The van der Waals surface area contributed by atoms with Gasteiger partial charge in [0, 0.05) is 30.5 Å². The summed E-state index contributed by atoms with van der Waals surface area (Å²) in [6.07, 6.45) is 6.72. The highest BCUT2D eigenvalue weighted by molar-refractivity contribution is 6.31. The van der Waals surface area contributed by atoms with Crippen LogP contribution < -0.4 is 22.0 Å². The number of aryl methyl sites for hydroxylation is 1. The van der Waals surface area contributed by atoms with Crippen molar-refractivity contribution in [3.05, 3.63) is 105 Å². The fourth-order valence-corrected chi connectivity index (χ4v) is 3.64. The molecule has 0 aliphatic rings. The van der Waals surface area contributed by atoms with Gasteiger partial charge in [-0.1, -0.05) is 29.8 Å².